The van der Waals surface area contributed by atoms with Crippen molar-refractivity contribution < 1.29 is 27.8 Å². The summed E-state index contributed by atoms with van der Waals surface area (Å²) in [4.78, 5) is 30.4. The van der Waals surface area contributed by atoms with Gasteiger partial charge in [0.15, 0.2) is 0 Å². The molecule has 242 valence electrons. The normalized spacial score (nSPS) is 12.6. The minimum absolute atomic E-state index is 0.0567. The summed E-state index contributed by atoms with van der Waals surface area (Å²) >= 11 is 7.41. The number of hydrogen-bond acceptors (Lipinski definition) is 6. The van der Waals surface area contributed by atoms with Crippen molar-refractivity contribution in [3.8, 4) is 5.75 Å². The Morgan fingerprint density at radius 1 is 1.16 bits per heavy atom. The highest BCUT2D eigenvalue weighted by molar-refractivity contribution is 7.19. The van der Waals surface area contributed by atoms with Crippen molar-refractivity contribution in [2.75, 3.05) is 26.1 Å². The van der Waals surface area contributed by atoms with Gasteiger partial charge in [-0.1, -0.05) is 61.0 Å². The summed E-state index contributed by atoms with van der Waals surface area (Å²) in [6, 6.07) is 7.79. The Labute approximate surface area is 270 Å². The van der Waals surface area contributed by atoms with Crippen LogP contribution in [0.15, 0.2) is 42.6 Å². The number of allylic oxidation sites excluding steroid dienone is 1. The first kappa shape index (κ1) is 37.5. The highest BCUT2D eigenvalue weighted by atomic mass is 35.5. The highest BCUT2D eigenvalue weighted by Crippen LogP contribution is 2.33. The minimum Gasteiger partial charge on any atom is -0.496 e. The molecule has 1 aromatic heterocycles. The number of benzene rings is 2. The monoisotopic (exact) mass is 669 g/mol. The Bertz CT molecular complexity index is 1420. The fraction of sp³-hybridized carbons (Fsp3) is 0.469. The van der Waals surface area contributed by atoms with E-state index in [0.717, 1.165) is 23.5 Å². The lowest BCUT2D eigenvalue weighted by Gasteiger charge is -2.15. The third-order valence-corrected chi connectivity index (χ3v) is 8.16. The summed E-state index contributed by atoms with van der Waals surface area (Å²) in [6.07, 6.45) is 3.36. The predicted molar refractivity (Wildman–Crippen MR) is 181 cm³/mol. The lowest BCUT2D eigenvalue weighted by Crippen LogP contribution is -2.25. The maximum atomic E-state index is 13.2. The Morgan fingerprint density at radius 2 is 1.86 bits per heavy atom. The number of amides is 2. The van der Waals surface area contributed by atoms with Gasteiger partial charge in [-0.15, -0.1) is 11.3 Å². The summed E-state index contributed by atoms with van der Waals surface area (Å²) in [5.74, 6) is 0.810. The van der Waals surface area contributed by atoms with Crippen LogP contribution in [0.4, 0.5) is 14.5 Å². The number of anilines is 1. The van der Waals surface area contributed by atoms with E-state index in [-0.39, 0.29) is 34.0 Å². The number of ether oxygens (including phenoxy) is 2. The van der Waals surface area contributed by atoms with Gasteiger partial charge < -0.3 is 20.1 Å². The molecule has 0 aliphatic carbocycles. The Morgan fingerprint density at radius 3 is 2.48 bits per heavy atom. The molecule has 2 N–H and O–H groups in total. The lowest BCUT2D eigenvalue weighted by atomic mass is 9.94. The summed E-state index contributed by atoms with van der Waals surface area (Å²) in [5, 5.41) is 6.26. The molecule has 0 bridgehead atoms. The molecule has 0 spiro atoms. The van der Waals surface area contributed by atoms with E-state index in [9.17, 15) is 18.4 Å². The van der Waals surface area contributed by atoms with Crippen molar-refractivity contribution in [1.82, 2.24) is 10.3 Å². The summed E-state index contributed by atoms with van der Waals surface area (Å²) in [6.45, 7) is 13.2. The van der Waals surface area contributed by atoms with E-state index < -0.39 is 23.9 Å². The number of rotatable bonds is 14. The summed E-state index contributed by atoms with van der Waals surface area (Å²) in [7, 11) is 4.68. The highest BCUT2D eigenvalue weighted by Gasteiger charge is 2.24. The molecular weight excluding hydrogens is 627 g/mol. The molecule has 2 aromatic carbocycles. The SMILES string of the molecule is C=C(CCC(F)(F)P)NC(=O)c1cc(Cl)ccc1NC(=O)c1c(OC)ccc2nc(C)sc12.CCCC(C)CC(C)COC. The first-order chi connectivity index (χ1) is 20.7. The zero-order valence-electron chi connectivity index (χ0n) is 26.2. The van der Waals surface area contributed by atoms with Gasteiger partial charge in [-0.2, -0.15) is 0 Å². The van der Waals surface area contributed by atoms with Gasteiger partial charge in [0.25, 0.3) is 17.5 Å². The fourth-order valence-electron chi connectivity index (χ4n) is 4.73. The second kappa shape index (κ2) is 17.7. The van der Waals surface area contributed by atoms with Crippen LogP contribution in [0.5, 0.6) is 5.75 Å². The van der Waals surface area contributed by atoms with Gasteiger partial charge in [-0.3, -0.25) is 9.59 Å². The number of carbonyl (C=O) groups is 2. The molecule has 0 aliphatic heterocycles. The molecule has 44 heavy (non-hydrogen) atoms. The van der Waals surface area contributed by atoms with Gasteiger partial charge in [0.05, 0.1) is 33.6 Å². The molecule has 3 unspecified atom stereocenters. The van der Waals surface area contributed by atoms with E-state index in [2.05, 4.69) is 43.0 Å². The molecule has 3 atom stereocenters. The smallest absolute Gasteiger partial charge is 0.260 e. The Balaban J connectivity index is 0.000000523. The second-order valence-electron chi connectivity index (χ2n) is 10.9. The van der Waals surface area contributed by atoms with Crippen LogP contribution in [0.25, 0.3) is 10.2 Å². The van der Waals surface area contributed by atoms with Gasteiger partial charge >= 0.3 is 0 Å². The van der Waals surface area contributed by atoms with E-state index in [0.29, 0.717) is 16.0 Å². The van der Waals surface area contributed by atoms with Gasteiger partial charge in [-0.25, -0.2) is 13.8 Å². The number of nitrogens with zero attached hydrogens (tertiary/aromatic N) is 1. The largest absolute Gasteiger partial charge is 0.496 e. The number of halogens is 3. The van der Waals surface area contributed by atoms with Crippen molar-refractivity contribution in [3.05, 3.63) is 63.8 Å². The van der Waals surface area contributed by atoms with Crippen LogP contribution in [-0.4, -0.2) is 43.3 Å². The fourth-order valence-corrected chi connectivity index (χ4v) is 6.00. The molecule has 0 saturated heterocycles. The van der Waals surface area contributed by atoms with Gasteiger partial charge in [-0.05, 0) is 61.9 Å². The predicted octanol–water partition coefficient (Wildman–Crippen LogP) is 9.11. The molecule has 0 aliphatic rings. The minimum atomic E-state index is -2.96. The zero-order chi connectivity index (χ0) is 33.0. The summed E-state index contributed by atoms with van der Waals surface area (Å²) in [5.41, 5.74) is -1.66. The van der Waals surface area contributed by atoms with Crippen LogP contribution in [0.2, 0.25) is 5.02 Å². The van der Waals surface area contributed by atoms with E-state index in [1.807, 2.05) is 6.92 Å². The van der Waals surface area contributed by atoms with Gasteiger partial charge in [0, 0.05) is 30.9 Å². The number of fused-ring (bicyclic) bond motifs is 1. The Hall–Kier alpha value is -2.65. The topological polar surface area (TPSA) is 89.6 Å². The molecule has 3 rings (SSSR count). The standard InChI is InChI=1S/C22H21ClF2N3O3PS.C10H22O/c1-11(8-9-22(24,25)32)26-20(29)14-10-13(23)4-5-15(14)28-21(30)18-17(31-3)7-6-16-19(18)33-12(2)27-16;1-5-6-9(2)7-10(3)8-11-4/h4-7,10H,1,8-9,32H2,2-3H3,(H,26,29)(H,28,30);9-10H,5-8H2,1-4H3. The third-order valence-electron chi connectivity index (χ3n) is 6.64. The van der Waals surface area contributed by atoms with Crippen molar-refractivity contribution in [2.24, 2.45) is 11.8 Å². The van der Waals surface area contributed by atoms with Crippen LogP contribution in [0.3, 0.4) is 0 Å². The molecule has 1 heterocycles. The third kappa shape index (κ3) is 12.0. The van der Waals surface area contributed by atoms with Crippen molar-refractivity contribution >= 4 is 59.9 Å². The molecular formula is C32H43ClF2N3O4PS. The molecule has 3 aromatic rings. The zero-order valence-corrected chi connectivity index (χ0v) is 28.9. The maximum Gasteiger partial charge on any atom is 0.260 e. The van der Waals surface area contributed by atoms with Gasteiger partial charge in [0.2, 0.25) is 0 Å². The number of hydrogen-bond donors (Lipinski definition) is 2. The van der Waals surface area contributed by atoms with E-state index in [4.69, 9.17) is 21.1 Å². The van der Waals surface area contributed by atoms with Crippen molar-refractivity contribution in [3.63, 3.8) is 0 Å². The van der Waals surface area contributed by atoms with Gasteiger partial charge in [0.1, 0.15) is 11.3 Å². The number of methoxy groups -OCH3 is 2. The number of thiazole rings is 1. The van der Waals surface area contributed by atoms with Crippen molar-refractivity contribution in [2.45, 2.75) is 65.5 Å². The number of carbonyl (C=O) groups excluding carboxylic acids is 2. The average molecular weight is 670 g/mol. The van der Waals surface area contributed by atoms with Crippen LogP contribution < -0.4 is 15.4 Å². The van der Waals surface area contributed by atoms with Crippen LogP contribution in [0, 0.1) is 18.8 Å². The summed E-state index contributed by atoms with van der Waals surface area (Å²) < 4.78 is 37.2. The first-order valence-electron chi connectivity index (χ1n) is 14.4. The number of aromatic nitrogens is 1. The van der Waals surface area contributed by atoms with Crippen molar-refractivity contribution in [1.29, 1.82) is 0 Å². The molecule has 0 saturated carbocycles. The molecule has 2 amide bonds. The number of aryl methyl sites for hydroxylation is 1. The number of alkyl halides is 2. The molecule has 0 radical (unpaired) electrons. The van der Waals surface area contributed by atoms with E-state index >= 15 is 0 Å². The first-order valence-corrected chi connectivity index (χ1v) is 16.2. The van der Waals surface area contributed by atoms with Crippen LogP contribution in [-0.2, 0) is 4.74 Å². The van der Waals surface area contributed by atoms with E-state index in [1.54, 1.807) is 19.2 Å². The average Bonchev–Trinajstić information content (AvgIpc) is 3.32. The molecule has 0 fully saturated rings. The van der Waals surface area contributed by atoms with Crippen LogP contribution in [0.1, 0.15) is 78.6 Å². The molecule has 12 heteroatoms. The second-order valence-corrected chi connectivity index (χ2v) is 13.4. The van der Waals surface area contributed by atoms with Crippen LogP contribution >= 0.6 is 32.2 Å². The maximum absolute atomic E-state index is 13.2. The quantitative estimate of drug-likeness (QED) is 0.167. The van der Waals surface area contributed by atoms with E-state index in [1.165, 1.54) is 65.1 Å². The Kier molecular flexibility index (Phi) is 15.1. The molecule has 7 nitrogen and oxygen atoms in total. The lowest BCUT2D eigenvalue weighted by molar-refractivity contribution is 0.0906. The number of nitrogens with one attached hydrogen (secondary N) is 2.